The van der Waals surface area contributed by atoms with E-state index >= 15 is 0 Å². The van der Waals surface area contributed by atoms with Crippen LogP contribution in [0.4, 0.5) is 0 Å². The lowest BCUT2D eigenvalue weighted by Crippen LogP contribution is -2.21. The number of pyridine rings is 1. The molecule has 0 fully saturated rings. The molecule has 0 saturated carbocycles. The molecular formula is C12H20N2. The lowest BCUT2D eigenvalue weighted by Gasteiger charge is -2.06. The van der Waals surface area contributed by atoms with Crippen LogP contribution < -0.4 is 5.32 Å². The van der Waals surface area contributed by atoms with E-state index in [1.807, 2.05) is 18.3 Å². The Morgan fingerprint density at radius 1 is 1.36 bits per heavy atom. The van der Waals surface area contributed by atoms with Crippen LogP contribution in [0, 0.1) is 5.92 Å². The average molecular weight is 192 g/mol. The maximum atomic E-state index is 4.28. The first-order chi connectivity index (χ1) is 6.79. The predicted molar refractivity (Wildman–Crippen MR) is 60.3 cm³/mol. The number of nitrogens with zero attached hydrogens (tertiary/aromatic N) is 1. The SMILES string of the molecule is CC(C)CNCCCc1ccccn1. The largest absolute Gasteiger partial charge is 0.316 e. The van der Waals surface area contributed by atoms with E-state index in [1.165, 1.54) is 12.1 Å². The van der Waals surface area contributed by atoms with Crippen LogP contribution >= 0.6 is 0 Å². The molecule has 0 aliphatic heterocycles. The molecule has 1 N–H and O–H groups in total. The zero-order valence-corrected chi connectivity index (χ0v) is 9.16. The van der Waals surface area contributed by atoms with E-state index in [-0.39, 0.29) is 0 Å². The van der Waals surface area contributed by atoms with Crippen molar-refractivity contribution in [1.82, 2.24) is 10.3 Å². The van der Waals surface area contributed by atoms with E-state index < -0.39 is 0 Å². The van der Waals surface area contributed by atoms with Crippen molar-refractivity contribution >= 4 is 0 Å². The minimum atomic E-state index is 0.741. The molecule has 0 spiro atoms. The van der Waals surface area contributed by atoms with E-state index in [0.29, 0.717) is 0 Å². The summed E-state index contributed by atoms with van der Waals surface area (Å²) < 4.78 is 0. The van der Waals surface area contributed by atoms with Crippen molar-refractivity contribution in [3.8, 4) is 0 Å². The van der Waals surface area contributed by atoms with Crippen LogP contribution in [0.3, 0.4) is 0 Å². The Morgan fingerprint density at radius 2 is 2.21 bits per heavy atom. The number of hydrogen-bond donors (Lipinski definition) is 1. The van der Waals surface area contributed by atoms with E-state index in [1.54, 1.807) is 0 Å². The molecule has 1 aromatic rings. The van der Waals surface area contributed by atoms with Crippen molar-refractivity contribution in [2.24, 2.45) is 5.92 Å². The van der Waals surface area contributed by atoms with Gasteiger partial charge in [0.05, 0.1) is 0 Å². The molecule has 2 heteroatoms. The van der Waals surface area contributed by atoms with Crippen molar-refractivity contribution in [1.29, 1.82) is 0 Å². The van der Waals surface area contributed by atoms with Gasteiger partial charge in [-0.15, -0.1) is 0 Å². The second-order valence-electron chi connectivity index (χ2n) is 4.02. The maximum absolute atomic E-state index is 4.28. The quantitative estimate of drug-likeness (QED) is 0.699. The molecule has 0 amide bonds. The predicted octanol–water partition coefficient (Wildman–Crippen LogP) is 2.26. The first-order valence-corrected chi connectivity index (χ1v) is 5.39. The molecule has 0 bridgehead atoms. The van der Waals surface area contributed by atoms with Crippen molar-refractivity contribution in [3.05, 3.63) is 30.1 Å². The van der Waals surface area contributed by atoms with Gasteiger partial charge >= 0.3 is 0 Å². The molecule has 14 heavy (non-hydrogen) atoms. The van der Waals surface area contributed by atoms with Crippen LogP contribution in [-0.4, -0.2) is 18.1 Å². The third-order valence-electron chi connectivity index (χ3n) is 2.07. The summed E-state index contributed by atoms with van der Waals surface area (Å²) in [5.74, 6) is 0.741. The van der Waals surface area contributed by atoms with E-state index in [0.717, 1.165) is 25.4 Å². The molecular weight excluding hydrogens is 172 g/mol. The Hall–Kier alpha value is -0.890. The van der Waals surface area contributed by atoms with Gasteiger partial charge in [-0.2, -0.15) is 0 Å². The highest BCUT2D eigenvalue weighted by Crippen LogP contribution is 1.97. The molecule has 0 unspecified atom stereocenters. The Morgan fingerprint density at radius 3 is 2.86 bits per heavy atom. The Labute approximate surface area is 86.8 Å². The normalized spacial score (nSPS) is 10.8. The van der Waals surface area contributed by atoms with E-state index in [9.17, 15) is 0 Å². The third-order valence-corrected chi connectivity index (χ3v) is 2.07. The molecule has 0 saturated heterocycles. The number of aromatic nitrogens is 1. The molecule has 78 valence electrons. The lowest BCUT2D eigenvalue weighted by molar-refractivity contribution is 0.542. The molecule has 0 atom stereocenters. The first kappa shape index (κ1) is 11.2. The van der Waals surface area contributed by atoms with Crippen molar-refractivity contribution < 1.29 is 0 Å². The Kier molecular flexibility index (Phi) is 5.23. The highest BCUT2D eigenvalue weighted by molar-refractivity contribution is 5.03. The monoisotopic (exact) mass is 192 g/mol. The lowest BCUT2D eigenvalue weighted by atomic mass is 10.2. The summed E-state index contributed by atoms with van der Waals surface area (Å²) in [5.41, 5.74) is 1.19. The molecule has 0 aliphatic carbocycles. The highest BCUT2D eigenvalue weighted by atomic mass is 14.8. The van der Waals surface area contributed by atoms with Crippen molar-refractivity contribution in [2.75, 3.05) is 13.1 Å². The van der Waals surface area contributed by atoms with Crippen LogP contribution in [0.1, 0.15) is 26.0 Å². The van der Waals surface area contributed by atoms with Gasteiger partial charge in [0.2, 0.25) is 0 Å². The number of aryl methyl sites for hydroxylation is 1. The number of hydrogen-bond acceptors (Lipinski definition) is 2. The fourth-order valence-corrected chi connectivity index (χ4v) is 1.33. The van der Waals surface area contributed by atoms with Gasteiger partial charge in [0.25, 0.3) is 0 Å². The highest BCUT2D eigenvalue weighted by Gasteiger charge is 1.94. The smallest absolute Gasteiger partial charge is 0.0404 e. The molecule has 1 heterocycles. The first-order valence-electron chi connectivity index (χ1n) is 5.39. The fraction of sp³-hybridized carbons (Fsp3) is 0.583. The van der Waals surface area contributed by atoms with Crippen LogP contribution in [0.5, 0.6) is 0 Å². The fourth-order valence-electron chi connectivity index (χ4n) is 1.33. The van der Waals surface area contributed by atoms with Gasteiger partial charge in [0, 0.05) is 11.9 Å². The second-order valence-corrected chi connectivity index (χ2v) is 4.02. The Bertz CT molecular complexity index is 231. The van der Waals surface area contributed by atoms with Gasteiger partial charge in [-0.25, -0.2) is 0 Å². The van der Waals surface area contributed by atoms with Gasteiger partial charge in [-0.05, 0) is 44.0 Å². The second kappa shape index (κ2) is 6.55. The maximum Gasteiger partial charge on any atom is 0.0404 e. The van der Waals surface area contributed by atoms with Crippen molar-refractivity contribution in [3.63, 3.8) is 0 Å². The van der Waals surface area contributed by atoms with Gasteiger partial charge in [0.1, 0.15) is 0 Å². The minimum Gasteiger partial charge on any atom is -0.316 e. The number of rotatable bonds is 6. The van der Waals surface area contributed by atoms with Gasteiger partial charge < -0.3 is 5.32 Å². The number of nitrogens with one attached hydrogen (secondary N) is 1. The molecule has 1 rings (SSSR count). The van der Waals surface area contributed by atoms with Crippen LogP contribution in [0.15, 0.2) is 24.4 Å². The summed E-state index contributed by atoms with van der Waals surface area (Å²) >= 11 is 0. The zero-order chi connectivity index (χ0) is 10.2. The average Bonchev–Trinajstić information content (AvgIpc) is 2.18. The van der Waals surface area contributed by atoms with E-state index in [2.05, 4.69) is 30.2 Å². The topological polar surface area (TPSA) is 24.9 Å². The van der Waals surface area contributed by atoms with Crippen molar-refractivity contribution in [2.45, 2.75) is 26.7 Å². The van der Waals surface area contributed by atoms with Gasteiger partial charge in [0.15, 0.2) is 0 Å². The summed E-state index contributed by atoms with van der Waals surface area (Å²) in [6, 6.07) is 6.09. The van der Waals surface area contributed by atoms with E-state index in [4.69, 9.17) is 0 Å². The Balaban J connectivity index is 2.05. The molecule has 2 nitrogen and oxygen atoms in total. The molecule has 0 radical (unpaired) electrons. The summed E-state index contributed by atoms with van der Waals surface area (Å²) in [6.45, 7) is 6.66. The minimum absolute atomic E-state index is 0.741. The molecule has 0 aromatic carbocycles. The third kappa shape index (κ3) is 4.97. The van der Waals surface area contributed by atoms with Crippen LogP contribution in [0.25, 0.3) is 0 Å². The summed E-state index contributed by atoms with van der Waals surface area (Å²) in [6.07, 6.45) is 4.10. The molecule has 1 aromatic heterocycles. The van der Waals surface area contributed by atoms with Gasteiger partial charge in [-0.3, -0.25) is 4.98 Å². The molecule has 0 aliphatic rings. The van der Waals surface area contributed by atoms with Crippen LogP contribution in [0.2, 0.25) is 0 Å². The summed E-state index contributed by atoms with van der Waals surface area (Å²) in [4.78, 5) is 4.28. The van der Waals surface area contributed by atoms with Gasteiger partial charge in [-0.1, -0.05) is 19.9 Å². The summed E-state index contributed by atoms with van der Waals surface area (Å²) in [7, 11) is 0. The zero-order valence-electron chi connectivity index (χ0n) is 9.16. The summed E-state index contributed by atoms with van der Waals surface area (Å²) in [5, 5.41) is 3.43. The van der Waals surface area contributed by atoms with Crippen LogP contribution in [-0.2, 0) is 6.42 Å². The standard InChI is InChI=1S/C12H20N2/c1-11(2)10-13-8-5-7-12-6-3-4-9-14-12/h3-4,6,9,11,13H,5,7-8,10H2,1-2H3.